The van der Waals surface area contributed by atoms with E-state index in [1.807, 2.05) is 0 Å². The lowest BCUT2D eigenvalue weighted by Gasteiger charge is -2.20. The first kappa shape index (κ1) is 13.3. The molecule has 1 aliphatic carbocycles. The van der Waals surface area contributed by atoms with Crippen molar-refractivity contribution in [3.05, 3.63) is 0 Å². The normalized spacial score (nSPS) is 26.4. The minimum atomic E-state index is -0.694. The number of methoxy groups -OCH3 is 2. The van der Waals surface area contributed by atoms with Crippen LogP contribution in [0.4, 0.5) is 0 Å². The lowest BCUT2D eigenvalue weighted by Crippen LogP contribution is -2.37. The highest BCUT2D eigenvalue weighted by atomic mass is 16.9. The van der Waals surface area contributed by atoms with E-state index in [9.17, 15) is 9.59 Å². The number of carbonyl (C=O) groups is 2. The fraction of sp³-hybridized carbons (Fsp3) is 0.833. The molecule has 1 saturated heterocycles. The summed E-state index contributed by atoms with van der Waals surface area (Å²) in [6, 6.07) is -0.694. The third-order valence-corrected chi connectivity index (χ3v) is 3.62. The number of ether oxygens (including phenoxy) is 2. The molecule has 1 spiro atoms. The second kappa shape index (κ2) is 5.24. The summed E-state index contributed by atoms with van der Waals surface area (Å²) in [6.07, 6.45) is 5.14. The highest BCUT2D eigenvalue weighted by Crippen LogP contribution is 2.48. The summed E-state index contributed by atoms with van der Waals surface area (Å²) in [5.41, 5.74) is -0.342. The van der Waals surface area contributed by atoms with Crippen LogP contribution in [-0.2, 0) is 23.9 Å². The Labute approximate surface area is 106 Å². The Balaban J connectivity index is 2.02. The molecule has 2 atom stereocenters. The number of rotatable bonds is 4. The van der Waals surface area contributed by atoms with Gasteiger partial charge in [-0.15, -0.1) is 5.06 Å². The summed E-state index contributed by atoms with van der Waals surface area (Å²) in [5, 5.41) is 1.62. The molecule has 2 fully saturated rings. The smallest absolute Gasteiger partial charge is 0.326 e. The van der Waals surface area contributed by atoms with Gasteiger partial charge in [-0.25, -0.2) is 0 Å². The van der Waals surface area contributed by atoms with Crippen LogP contribution in [0, 0.1) is 0 Å². The van der Waals surface area contributed by atoms with E-state index in [4.69, 9.17) is 9.57 Å². The van der Waals surface area contributed by atoms with Crippen molar-refractivity contribution in [3.8, 4) is 0 Å². The molecule has 102 valence electrons. The molecule has 0 aromatic carbocycles. The van der Waals surface area contributed by atoms with Gasteiger partial charge < -0.3 is 9.47 Å². The highest BCUT2D eigenvalue weighted by Gasteiger charge is 2.60. The van der Waals surface area contributed by atoms with E-state index < -0.39 is 18.0 Å². The monoisotopic (exact) mass is 257 g/mol. The lowest BCUT2D eigenvalue weighted by molar-refractivity contribution is -0.154. The maximum absolute atomic E-state index is 11.7. The number of hydroxylamine groups is 2. The van der Waals surface area contributed by atoms with Gasteiger partial charge in [-0.05, 0) is 25.7 Å². The zero-order valence-corrected chi connectivity index (χ0v) is 10.8. The van der Waals surface area contributed by atoms with Gasteiger partial charge in [-0.2, -0.15) is 0 Å². The predicted molar refractivity (Wildman–Crippen MR) is 61.2 cm³/mol. The summed E-state index contributed by atoms with van der Waals surface area (Å²) in [6.45, 7) is 0. The van der Waals surface area contributed by atoms with Crippen molar-refractivity contribution in [1.29, 1.82) is 0 Å². The van der Waals surface area contributed by atoms with Crippen molar-refractivity contribution in [2.45, 2.75) is 50.3 Å². The summed E-state index contributed by atoms with van der Waals surface area (Å²) in [5.74, 6) is -0.894. The van der Waals surface area contributed by atoms with E-state index in [0.717, 1.165) is 25.7 Å². The van der Waals surface area contributed by atoms with Crippen LogP contribution in [0.2, 0.25) is 0 Å². The maximum Gasteiger partial charge on any atom is 0.326 e. The van der Waals surface area contributed by atoms with E-state index >= 15 is 0 Å². The van der Waals surface area contributed by atoms with Gasteiger partial charge in [-0.3, -0.25) is 14.4 Å². The number of esters is 2. The number of hydrogen-bond acceptors (Lipinski definition) is 6. The van der Waals surface area contributed by atoms with Crippen LogP contribution in [0.1, 0.15) is 38.5 Å². The summed E-state index contributed by atoms with van der Waals surface area (Å²) in [4.78, 5) is 28.7. The summed E-state index contributed by atoms with van der Waals surface area (Å²) >= 11 is 0. The highest BCUT2D eigenvalue weighted by molar-refractivity contribution is 5.82. The predicted octanol–water partition coefficient (Wildman–Crippen LogP) is 0.999. The first-order chi connectivity index (χ1) is 8.63. The standard InChI is InChI=1S/C12H19NO5/c1-16-10(14)8-9(11(15)17-2)13-12(18-13)6-4-3-5-7-12/h9H,3-8H2,1-2H3/t9-,13?/m0/s1. The molecular weight excluding hydrogens is 238 g/mol. The van der Waals surface area contributed by atoms with Crippen molar-refractivity contribution >= 4 is 11.9 Å². The Morgan fingerprint density at radius 3 is 2.44 bits per heavy atom. The first-order valence-corrected chi connectivity index (χ1v) is 6.26. The topological polar surface area (TPSA) is 68.1 Å². The zero-order valence-electron chi connectivity index (χ0n) is 10.8. The van der Waals surface area contributed by atoms with Crippen LogP contribution in [0.25, 0.3) is 0 Å². The van der Waals surface area contributed by atoms with Crippen LogP contribution >= 0.6 is 0 Å². The third kappa shape index (κ3) is 2.49. The fourth-order valence-corrected chi connectivity index (χ4v) is 2.57. The van der Waals surface area contributed by atoms with Gasteiger partial charge in [-0.1, -0.05) is 6.42 Å². The van der Waals surface area contributed by atoms with E-state index in [0.29, 0.717) is 0 Å². The molecule has 0 amide bonds. The van der Waals surface area contributed by atoms with Crippen molar-refractivity contribution in [2.24, 2.45) is 0 Å². The average Bonchev–Trinajstić information content (AvgIpc) is 3.08. The van der Waals surface area contributed by atoms with Crippen molar-refractivity contribution in [2.75, 3.05) is 14.2 Å². The molecule has 18 heavy (non-hydrogen) atoms. The molecule has 0 bridgehead atoms. The summed E-state index contributed by atoms with van der Waals surface area (Å²) in [7, 11) is 2.61. The van der Waals surface area contributed by atoms with Gasteiger partial charge >= 0.3 is 11.9 Å². The first-order valence-electron chi connectivity index (χ1n) is 6.26. The second-order valence-corrected chi connectivity index (χ2v) is 4.74. The minimum absolute atomic E-state index is 0.0368. The minimum Gasteiger partial charge on any atom is -0.469 e. The van der Waals surface area contributed by atoms with Gasteiger partial charge in [0.05, 0.1) is 20.6 Å². The molecule has 2 rings (SSSR count). The van der Waals surface area contributed by atoms with E-state index in [-0.39, 0.29) is 12.1 Å². The van der Waals surface area contributed by atoms with Gasteiger partial charge in [0.25, 0.3) is 0 Å². The number of hydrogen-bond donors (Lipinski definition) is 0. The molecule has 1 heterocycles. The summed E-state index contributed by atoms with van der Waals surface area (Å²) < 4.78 is 9.32. The Morgan fingerprint density at radius 1 is 1.22 bits per heavy atom. The molecular formula is C12H19NO5. The third-order valence-electron chi connectivity index (χ3n) is 3.62. The van der Waals surface area contributed by atoms with E-state index in [1.54, 1.807) is 5.06 Å². The molecule has 6 heteroatoms. The van der Waals surface area contributed by atoms with Crippen LogP contribution < -0.4 is 0 Å². The SMILES string of the molecule is COC(=O)C[C@@H](C(=O)OC)N1OC12CCCCC2. The Hall–Kier alpha value is -1.14. The molecule has 1 unspecified atom stereocenters. The molecule has 0 N–H and O–H groups in total. The van der Waals surface area contributed by atoms with Crippen LogP contribution in [-0.4, -0.2) is 43.0 Å². The quantitative estimate of drug-likeness (QED) is 0.553. The lowest BCUT2D eigenvalue weighted by atomic mass is 9.93. The van der Waals surface area contributed by atoms with Gasteiger partial charge in [0.15, 0.2) is 5.72 Å². The van der Waals surface area contributed by atoms with Crippen molar-refractivity contribution < 1.29 is 23.9 Å². The van der Waals surface area contributed by atoms with Crippen LogP contribution in [0.15, 0.2) is 0 Å². The second-order valence-electron chi connectivity index (χ2n) is 4.74. The van der Waals surface area contributed by atoms with Crippen molar-refractivity contribution in [3.63, 3.8) is 0 Å². The van der Waals surface area contributed by atoms with Crippen LogP contribution in [0.5, 0.6) is 0 Å². The largest absolute Gasteiger partial charge is 0.469 e. The molecule has 1 saturated carbocycles. The van der Waals surface area contributed by atoms with Crippen molar-refractivity contribution in [1.82, 2.24) is 5.06 Å². The van der Waals surface area contributed by atoms with Gasteiger partial charge in [0.2, 0.25) is 0 Å². The molecule has 1 aliphatic heterocycles. The van der Waals surface area contributed by atoms with Gasteiger partial charge in [0.1, 0.15) is 6.04 Å². The fourth-order valence-electron chi connectivity index (χ4n) is 2.57. The molecule has 0 aromatic heterocycles. The Morgan fingerprint density at radius 2 is 1.89 bits per heavy atom. The Bertz CT molecular complexity index is 337. The average molecular weight is 257 g/mol. The molecule has 6 nitrogen and oxygen atoms in total. The Kier molecular flexibility index (Phi) is 3.87. The van der Waals surface area contributed by atoms with Gasteiger partial charge in [0, 0.05) is 0 Å². The number of carbonyl (C=O) groups excluding carboxylic acids is 2. The number of nitrogens with zero attached hydrogens (tertiary/aromatic N) is 1. The molecule has 0 radical (unpaired) electrons. The molecule has 2 aliphatic rings. The zero-order chi connectivity index (χ0) is 13.2. The van der Waals surface area contributed by atoms with E-state index in [2.05, 4.69) is 4.74 Å². The van der Waals surface area contributed by atoms with Crippen LogP contribution in [0.3, 0.4) is 0 Å². The maximum atomic E-state index is 11.7. The molecule has 0 aromatic rings. The van der Waals surface area contributed by atoms with E-state index in [1.165, 1.54) is 20.6 Å².